The number of hydrogen-bond donors (Lipinski definition) is 1. The Bertz CT molecular complexity index is 480. The fourth-order valence-electron chi connectivity index (χ4n) is 2.39. The molecule has 0 aliphatic carbocycles. The zero-order valence-corrected chi connectivity index (χ0v) is 10.9. The summed E-state index contributed by atoms with van der Waals surface area (Å²) in [7, 11) is 0. The lowest BCUT2D eigenvalue weighted by Gasteiger charge is -2.31. The maximum Gasteiger partial charge on any atom is 0.323 e. The van der Waals surface area contributed by atoms with E-state index in [4.69, 9.17) is 11.6 Å². The van der Waals surface area contributed by atoms with Crippen LogP contribution >= 0.6 is 11.6 Å². The lowest BCUT2D eigenvalue weighted by atomic mass is 9.99. The van der Waals surface area contributed by atoms with E-state index in [-0.39, 0.29) is 5.02 Å². The van der Waals surface area contributed by atoms with Crippen LogP contribution in [-0.4, -0.2) is 28.1 Å². The second-order valence-corrected chi connectivity index (χ2v) is 5.20. The first kappa shape index (κ1) is 13.3. The van der Waals surface area contributed by atoms with Crippen molar-refractivity contribution in [3.8, 4) is 0 Å². The molecule has 1 aliphatic rings. The molecule has 1 fully saturated rings. The third kappa shape index (κ3) is 2.22. The van der Waals surface area contributed by atoms with Gasteiger partial charge in [-0.1, -0.05) is 23.7 Å². The van der Waals surface area contributed by atoms with Crippen LogP contribution in [0.5, 0.6) is 0 Å². The number of carboxylic acids is 1. The summed E-state index contributed by atoms with van der Waals surface area (Å²) in [5, 5.41) is 9.38. The number of aliphatic carboxylic acids is 1. The highest BCUT2D eigenvalue weighted by molar-refractivity contribution is 6.31. The molecular formula is C13H15ClFNO2. The van der Waals surface area contributed by atoms with Gasteiger partial charge in [-0.15, -0.1) is 0 Å². The standard InChI is InChI=1S/C13H15ClFNO2/c1-13(12(17)18)6-3-7-16(13)8-9-4-2-5-10(15)11(9)14/h2,4-5H,3,6-8H2,1H3,(H,17,18). The molecule has 5 heteroatoms. The summed E-state index contributed by atoms with van der Waals surface area (Å²) in [6.07, 6.45) is 1.44. The zero-order valence-electron chi connectivity index (χ0n) is 10.1. The van der Waals surface area contributed by atoms with Gasteiger partial charge in [0.2, 0.25) is 0 Å². The first-order valence-corrected chi connectivity index (χ1v) is 6.24. The minimum atomic E-state index is -0.879. The number of rotatable bonds is 3. The third-order valence-electron chi connectivity index (χ3n) is 3.64. The molecule has 1 aliphatic heterocycles. The van der Waals surface area contributed by atoms with Crippen LogP contribution in [0, 0.1) is 5.82 Å². The van der Waals surface area contributed by atoms with Gasteiger partial charge in [-0.05, 0) is 37.9 Å². The van der Waals surface area contributed by atoms with Crippen molar-refractivity contribution < 1.29 is 14.3 Å². The predicted octanol–water partition coefficient (Wildman–Crippen LogP) is 2.92. The van der Waals surface area contributed by atoms with Crippen molar-refractivity contribution in [2.45, 2.75) is 31.8 Å². The molecule has 0 radical (unpaired) electrons. The minimum absolute atomic E-state index is 0.0807. The smallest absolute Gasteiger partial charge is 0.323 e. The lowest BCUT2D eigenvalue weighted by molar-refractivity contribution is -0.148. The van der Waals surface area contributed by atoms with Crippen molar-refractivity contribution in [2.75, 3.05) is 6.54 Å². The second kappa shape index (κ2) is 4.86. The number of benzene rings is 1. The van der Waals surface area contributed by atoms with Gasteiger partial charge in [-0.25, -0.2) is 4.39 Å². The van der Waals surface area contributed by atoms with E-state index < -0.39 is 17.3 Å². The van der Waals surface area contributed by atoms with Gasteiger partial charge < -0.3 is 5.11 Å². The topological polar surface area (TPSA) is 40.5 Å². The van der Waals surface area contributed by atoms with Gasteiger partial charge in [0.1, 0.15) is 11.4 Å². The van der Waals surface area contributed by atoms with Crippen molar-refractivity contribution in [1.82, 2.24) is 4.90 Å². The van der Waals surface area contributed by atoms with Gasteiger partial charge in [0.05, 0.1) is 5.02 Å². The summed E-state index contributed by atoms with van der Waals surface area (Å²) in [6, 6.07) is 4.61. The van der Waals surface area contributed by atoms with E-state index in [0.717, 1.165) is 6.42 Å². The molecule has 1 N–H and O–H groups in total. The highest BCUT2D eigenvalue weighted by atomic mass is 35.5. The molecule has 2 rings (SSSR count). The van der Waals surface area contributed by atoms with E-state index in [9.17, 15) is 14.3 Å². The van der Waals surface area contributed by atoms with Gasteiger partial charge >= 0.3 is 5.97 Å². The minimum Gasteiger partial charge on any atom is -0.480 e. The Labute approximate surface area is 110 Å². The molecule has 0 amide bonds. The highest BCUT2D eigenvalue weighted by Gasteiger charge is 2.43. The van der Waals surface area contributed by atoms with Crippen molar-refractivity contribution in [3.05, 3.63) is 34.6 Å². The van der Waals surface area contributed by atoms with Gasteiger partial charge in [0.15, 0.2) is 0 Å². The van der Waals surface area contributed by atoms with E-state index in [2.05, 4.69) is 0 Å². The molecule has 3 nitrogen and oxygen atoms in total. The first-order chi connectivity index (χ1) is 8.45. The van der Waals surface area contributed by atoms with E-state index in [1.54, 1.807) is 19.1 Å². The normalized spacial score (nSPS) is 24.4. The fraction of sp³-hybridized carbons (Fsp3) is 0.462. The number of carbonyl (C=O) groups is 1. The van der Waals surface area contributed by atoms with Crippen LogP contribution in [-0.2, 0) is 11.3 Å². The van der Waals surface area contributed by atoms with E-state index in [0.29, 0.717) is 25.1 Å². The summed E-state index contributed by atoms with van der Waals surface area (Å²) < 4.78 is 13.3. The Morgan fingerprint density at radius 3 is 3.00 bits per heavy atom. The Hall–Kier alpha value is -1.13. The molecule has 1 saturated heterocycles. The van der Waals surface area contributed by atoms with Crippen molar-refractivity contribution in [1.29, 1.82) is 0 Å². The number of likely N-dealkylation sites (tertiary alicyclic amines) is 1. The van der Waals surface area contributed by atoms with Crippen molar-refractivity contribution in [2.24, 2.45) is 0 Å². The van der Waals surface area contributed by atoms with Crippen molar-refractivity contribution >= 4 is 17.6 Å². The monoisotopic (exact) mass is 271 g/mol. The molecule has 1 aromatic carbocycles. The zero-order chi connectivity index (χ0) is 13.3. The Kier molecular flexibility index (Phi) is 3.59. The largest absolute Gasteiger partial charge is 0.480 e. The van der Waals surface area contributed by atoms with Crippen LogP contribution in [0.15, 0.2) is 18.2 Å². The molecule has 0 spiro atoms. The maximum atomic E-state index is 13.3. The van der Waals surface area contributed by atoms with Crippen molar-refractivity contribution in [3.63, 3.8) is 0 Å². The molecule has 1 unspecified atom stereocenters. The summed E-state index contributed by atoms with van der Waals surface area (Å²) in [5.41, 5.74) is -0.249. The Morgan fingerprint density at radius 2 is 2.33 bits per heavy atom. The summed E-state index contributed by atoms with van der Waals surface area (Å²) in [6.45, 7) is 2.75. The van der Waals surface area contributed by atoms with Crippen LogP contribution in [0.3, 0.4) is 0 Å². The maximum absolute atomic E-state index is 13.3. The molecule has 1 aromatic rings. The van der Waals surface area contributed by atoms with E-state index in [1.807, 2.05) is 4.90 Å². The molecule has 98 valence electrons. The van der Waals surface area contributed by atoms with Crippen LogP contribution in [0.2, 0.25) is 5.02 Å². The predicted molar refractivity (Wildman–Crippen MR) is 67.1 cm³/mol. The van der Waals surface area contributed by atoms with Crippen LogP contribution in [0.4, 0.5) is 4.39 Å². The third-order valence-corrected chi connectivity index (χ3v) is 4.07. The van der Waals surface area contributed by atoms with Crippen LogP contribution in [0.25, 0.3) is 0 Å². The number of hydrogen-bond acceptors (Lipinski definition) is 2. The molecule has 0 aromatic heterocycles. The Morgan fingerprint density at radius 1 is 1.61 bits per heavy atom. The number of carboxylic acid groups (broad SMARTS) is 1. The molecule has 0 saturated carbocycles. The summed E-state index contributed by atoms with van der Waals surface area (Å²) in [4.78, 5) is 13.2. The SMILES string of the molecule is CC1(C(=O)O)CCCN1Cc1cccc(F)c1Cl. The quantitative estimate of drug-likeness (QED) is 0.919. The van der Waals surface area contributed by atoms with Crippen LogP contribution in [0.1, 0.15) is 25.3 Å². The van der Waals surface area contributed by atoms with Gasteiger partial charge in [-0.3, -0.25) is 9.69 Å². The highest BCUT2D eigenvalue weighted by Crippen LogP contribution is 2.32. The Balaban J connectivity index is 2.24. The molecule has 1 atom stereocenters. The van der Waals surface area contributed by atoms with E-state index >= 15 is 0 Å². The van der Waals surface area contributed by atoms with Gasteiger partial charge in [-0.2, -0.15) is 0 Å². The van der Waals surface area contributed by atoms with Crippen LogP contribution < -0.4 is 0 Å². The first-order valence-electron chi connectivity index (χ1n) is 5.86. The molecule has 0 bridgehead atoms. The average Bonchev–Trinajstić information content (AvgIpc) is 2.68. The van der Waals surface area contributed by atoms with E-state index in [1.165, 1.54) is 6.07 Å². The average molecular weight is 272 g/mol. The molecule has 18 heavy (non-hydrogen) atoms. The number of halogens is 2. The summed E-state index contributed by atoms with van der Waals surface area (Å²) >= 11 is 5.90. The molecular weight excluding hydrogens is 257 g/mol. The fourth-order valence-corrected chi connectivity index (χ4v) is 2.58. The molecule has 1 heterocycles. The summed E-state index contributed by atoms with van der Waals surface area (Å²) in [5.74, 6) is -1.31. The van der Waals surface area contributed by atoms with Gasteiger partial charge in [0, 0.05) is 6.54 Å². The number of nitrogens with zero attached hydrogens (tertiary/aromatic N) is 1. The lowest BCUT2D eigenvalue weighted by Crippen LogP contribution is -2.47. The van der Waals surface area contributed by atoms with Gasteiger partial charge in [0.25, 0.3) is 0 Å². The second-order valence-electron chi connectivity index (χ2n) is 4.82.